The Bertz CT molecular complexity index is 3940. The van der Waals surface area contributed by atoms with Crippen LogP contribution in [0, 0.1) is 10.1 Å². The van der Waals surface area contributed by atoms with E-state index in [1.54, 1.807) is 64.2 Å². The number of carbonyl (C=O) groups excluding carboxylic acids is 1. The van der Waals surface area contributed by atoms with Crippen LogP contribution in [0.15, 0.2) is 128 Å². The number of aromatic carboxylic acids is 1. The third-order valence-electron chi connectivity index (χ3n) is 14.5. The molecular weight excluding hydrogens is 1200 g/mol. The number of unbranched alkanes of at least 4 members (excludes halogenated alkanes) is 13. The van der Waals surface area contributed by atoms with Crippen LogP contribution in [0.5, 0.6) is 5.75 Å². The summed E-state index contributed by atoms with van der Waals surface area (Å²) in [6.07, 6.45) is 16.8. The SMILES string of the molecule is CCCCCCCCCCCCCCCCN(C)C(=O)c1ccc(-n2oc(C(C)(C)C)c(COc3cc(Nc4nc(Nc5ccc6cc(SOO[O-])ccc6c5)nc(Nc5ccc6cc(S(=O)(=O)[O-])ccc6c5)n4)ccc3C(=O)O)c2=O)c([N+](=O)[O-])c1.[Na+].[Na+]. The molecule has 0 spiro atoms. The van der Waals surface area contributed by atoms with E-state index < -0.39 is 50.2 Å². The number of nitrogens with one attached hydrogen (secondary N) is 3. The summed E-state index contributed by atoms with van der Waals surface area (Å²) >= 11 is 0.752. The first-order chi connectivity index (χ1) is 41.7. The summed E-state index contributed by atoms with van der Waals surface area (Å²) in [5.74, 6) is -1.83. The smallest absolute Gasteiger partial charge is 0.744 e. The average Bonchev–Trinajstić information content (AvgIpc) is 2.35. The van der Waals surface area contributed by atoms with Crippen molar-refractivity contribution in [2.45, 2.75) is 139 Å². The van der Waals surface area contributed by atoms with Gasteiger partial charge in [-0.25, -0.2) is 13.2 Å². The van der Waals surface area contributed by atoms with Crippen molar-refractivity contribution in [1.82, 2.24) is 24.6 Å². The molecule has 0 saturated heterocycles. The minimum atomic E-state index is -4.70. The summed E-state index contributed by atoms with van der Waals surface area (Å²) < 4.78 is 52.7. The Labute approximate surface area is 564 Å². The third kappa shape index (κ3) is 20.0. The van der Waals surface area contributed by atoms with Crippen molar-refractivity contribution in [2.24, 2.45) is 0 Å². The van der Waals surface area contributed by atoms with Crippen LogP contribution in [0.3, 0.4) is 0 Å². The Hall–Kier alpha value is -6.46. The number of amides is 1. The van der Waals surface area contributed by atoms with Crippen LogP contribution in [0.4, 0.5) is 40.6 Å². The summed E-state index contributed by atoms with van der Waals surface area (Å²) in [4.78, 5) is 68.3. The number of hydrogen-bond acceptors (Lipinski definition) is 20. The van der Waals surface area contributed by atoms with Crippen LogP contribution < -0.4 is 90.6 Å². The minimum Gasteiger partial charge on any atom is -0.744 e. The van der Waals surface area contributed by atoms with Crippen LogP contribution in [0.2, 0.25) is 0 Å². The second kappa shape index (κ2) is 33.6. The van der Waals surface area contributed by atoms with E-state index in [-0.39, 0.29) is 121 Å². The van der Waals surface area contributed by atoms with Gasteiger partial charge in [-0.1, -0.05) is 135 Å². The predicted octanol–water partition coefficient (Wildman–Crippen LogP) is 7.33. The Kier molecular flexibility index (Phi) is 27.0. The number of rotatable bonds is 32. The molecule has 23 nitrogen and oxygen atoms in total. The molecular formula is C62H69N9Na2O14S2. The molecule has 1 amide bonds. The van der Waals surface area contributed by atoms with Gasteiger partial charge >= 0.3 is 65.1 Å². The van der Waals surface area contributed by atoms with Crippen LogP contribution in [-0.4, -0.2) is 73.1 Å². The Balaban J connectivity index is 0.00000631. The number of ether oxygens (including phenoxy) is 1. The zero-order valence-electron chi connectivity index (χ0n) is 51.0. The summed E-state index contributed by atoms with van der Waals surface area (Å²) in [5, 5.41) is 49.0. The van der Waals surface area contributed by atoms with E-state index in [0.29, 0.717) is 33.6 Å². The van der Waals surface area contributed by atoms with Crippen molar-refractivity contribution in [1.29, 1.82) is 0 Å². The summed E-state index contributed by atoms with van der Waals surface area (Å²) in [7, 11) is -3.04. The first kappa shape index (κ1) is 71.6. The largest absolute Gasteiger partial charge is 1.00 e. The molecule has 0 aliphatic rings. The minimum absolute atomic E-state index is 0. The number of carbonyl (C=O) groups is 2. The maximum Gasteiger partial charge on any atom is 1.00 e. The summed E-state index contributed by atoms with van der Waals surface area (Å²) in [6, 6.07) is 27.6. The van der Waals surface area contributed by atoms with E-state index in [1.165, 1.54) is 118 Å². The number of fused-ring (bicyclic) bond motifs is 2. The van der Waals surface area contributed by atoms with Crippen LogP contribution in [-0.2, 0) is 31.5 Å². The van der Waals surface area contributed by atoms with Crippen molar-refractivity contribution >= 4 is 96.2 Å². The first-order valence-corrected chi connectivity index (χ1v) is 30.9. The van der Waals surface area contributed by atoms with Gasteiger partial charge in [-0.3, -0.25) is 24.7 Å². The van der Waals surface area contributed by atoms with E-state index in [1.807, 2.05) is 18.2 Å². The van der Waals surface area contributed by atoms with E-state index in [4.69, 9.17) is 9.26 Å². The third-order valence-corrected chi connectivity index (χ3v) is 15.9. The zero-order chi connectivity index (χ0) is 62.3. The molecule has 0 aliphatic carbocycles. The van der Waals surface area contributed by atoms with Gasteiger partial charge in [-0.2, -0.15) is 19.3 Å². The Morgan fingerprint density at radius 3 is 1.74 bits per heavy atom. The molecule has 89 heavy (non-hydrogen) atoms. The van der Waals surface area contributed by atoms with Crippen molar-refractivity contribution in [3.05, 3.63) is 152 Å². The maximum absolute atomic E-state index is 14.4. The van der Waals surface area contributed by atoms with Crippen LogP contribution in [0.25, 0.3) is 27.2 Å². The molecule has 27 heteroatoms. The maximum atomic E-state index is 14.4. The molecule has 0 atom stereocenters. The van der Waals surface area contributed by atoms with Crippen molar-refractivity contribution in [2.75, 3.05) is 29.5 Å². The Morgan fingerprint density at radius 1 is 0.708 bits per heavy atom. The van der Waals surface area contributed by atoms with Crippen molar-refractivity contribution in [3.8, 4) is 11.4 Å². The molecule has 0 bridgehead atoms. The van der Waals surface area contributed by atoms with Gasteiger partial charge in [0.25, 0.3) is 17.2 Å². The van der Waals surface area contributed by atoms with E-state index in [0.717, 1.165) is 59.3 Å². The van der Waals surface area contributed by atoms with E-state index in [2.05, 4.69) is 47.2 Å². The first-order valence-electron chi connectivity index (χ1n) is 28.7. The van der Waals surface area contributed by atoms with Gasteiger partial charge in [0.05, 0.1) is 27.4 Å². The molecule has 0 saturated carbocycles. The van der Waals surface area contributed by atoms with Crippen molar-refractivity contribution in [3.63, 3.8) is 0 Å². The van der Waals surface area contributed by atoms with Gasteiger partial charge in [-0.05, 0) is 101 Å². The number of anilines is 6. The molecule has 460 valence electrons. The van der Waals surface area contributed by atoms with Gasteiger partial charge in [0.1, 0.15) is 28.0 Å². The molecule has 2 heterocycles. The fourth-order valence-corrected chi connectivity index (χ4v) is 10.9. The number of nitro benzene ring substituents is 1. The van der Waals surface area contributed by atoms with Gasteiger partial charge in [0.15, 0.2) is 11.4 Å². The fourth-order valence-electron chi connectivity index (χ4n) is 9.96. The molecule has 8 rings (SSSR count). The number of hydrogen-bond donors (Lipinski definition) is 4. The molecule has 0 aliphatic heterocycles. The predicted molar refractivity (Wildman–Crippen MR) is 328 cm³/mol. The molecule has 0 radical (unpaired) electrons. The second-order valence-electron chi connectivity index (χ2n) is 22.1. The molecule has 8 aromatic rings. The molecule has 0 fully saturated rings. The monoisotopic (exact) mass is 1270 g/mol. The number of nitrogens with zero attached hydrogens (tertiary/aromatic N) is 6. The van der Waals surface area contributed by atoms with Gasteiger partial charge in [-0.15, -0.1) is 4.74 Å². The topological polar surface area (TPSA) is 319 Å². The molecule has 6 aromatic carbocycles. The average molecular weight is 1270 g/mol. The van der Waals surface area contributed by atoms with Gasteiger partial charge in [0, 0.05) is 58.7 Å². The number of aromatic nitrogens is 4. The summed E-state index contributed by atoms with van der Waals surface area (Å²) in [6.45, 7) is 7.45. The number of nitro groups is 1. The molecule has 2 aromatic heterocycles. The quantitative estimate of drug-likeness (QED) is 0.00609. The normalized spacial score (nSPS) is 11.4. The standard InChI is InChI=1S/C62H71N9O14S2.2Na/c1-6-7-8-9-10-11-12-13-14-15-16-17-18-19-32-69(5)56(72)44-24-31-52(53(37-44)71(76)77)70-57(73)51(55(83-70)62(2,3)4)39-82-54-38-47(27-30-50(54)58(74)75)65-61-67-59(63-45-25-20-42-35-48(86-85-84-78)28-22-40(42)33-45)66-60(68-61)64-46-26-21-43-36-49(87(79,80)81)29-23-41(43)34-46;;/h20-31,33-38,78H,6-19,32,39H2,1-5H3,(H,74,75)(H,79,80,81)(H3,63,64,65,66,67,68);;/q;2*+1/p-2. The van der Waals surface area contributed by atoms with Crippen LogP contribution >= 0.6 is 12.0 Å². The second-order valence-corrected chi connectivity index (χ2v) is 24.3. The number of benzene rings is 6. The Morgan fingerprint density at radius 2 is 1.21 bits per heavy atom. The zero-order valence-corrected chi connectivity index (χ0v) is 56.6. The van der Waals surface area contributed by atoms with Gasteiger partial charge in [0.2, 0.25) is 17.8 Å². The van der Waals surface area contributed by atoms with Gasteiger partial charge < -0.3 is 45.0 Å². The molecule has 4 N–H and O–H groups in total. The molecule has 0 unspecified atom stereocenters. The van der Waals surface area contributed by atoms with E-state index >= 15 is 0 Å². The van der Waals surface area contributed by atoms with Crippen LogP contribution in [0.1, 0.15) is 150 Å². The fraction of sp³-hybridized carbons (Fsp3) is 0.355. The van der Waals surface area contributed by atoms with Crippen molar-refractivity contribution < 1.29 is 116 Å². The summed E-state index contributed by atoms with van der Waals surface area (Å²) in [5.41, 5.74) is -1.47. The number of carboxylic acid groups (broad SMARTS) is 1. The van der Waals surface area contributed by atoms with E-state index in [9.17, 15) is 47.8 Å². The number of carboxylic acids is 1.